The molecule has 104 valence electrons. The first-order chi connectivity index (χ1) is 9.67. The van der Waals surface area contributed by atoms with E-state index < -0.39 is 5.97 Å². The Labute approximate surface area is 117 Å². The number of ether oxygens (including phenoxy) is 3. The van der Waals surface area contributed by atoms with Crippen molar-refractivity contribution in [2.24, 2.45) is 0 Å². The summed E-state index contributed by atoms with van der Waals surface area (Å²) in [5.74, 6) is 0.915. The molecule has 2 aromatic rings. The normalized spacial score (nSPS) is 9.95. The quantitative estimate of drug-likeness (QED) is 0.801. The van der Waals surface area contributed by atoms with E-state index in [0.717, 1.165) is 5.56 Å². The second-order valence-corrected chi connectivity index (χ2v) is 4.02. The van der Waals surface area contributed by atoms with Crippen molar-refractivity contribution in [2.75, 3.05) is 21.3 Å². The molecule has 0 fully saturated rings. The van der Waals surface area contributed by atoms with Gasteiger partial charge in [-0.25, -0.2) is 4.79 Å². The van der Waals surface area contributed by atoms with E-state index in [-0.39, 0.29) is 0 Å². The zero-order valence-electron chi connectivity index (χ0n) is 11.5. The second kappa shape index (κ2) is 6.06. The summed E-state index contributed by atoms with van der Waals surface area (Å²) in [7, 11) is 4.50. The molecule has 0 N–H and O–H groups in total. The van der Waals surface area contributed by atoms with Gasteiger partial charge in [0.1, 0.15) is 11.5 Å². The lowest BCUT2D eigenvalue weighted by Crippen LogP contribution is -2.01. The minimum Gasteiger partial charge on any atom is -0.497 e. The first-order valence-corrected chi connectivity index (χ1v) is 5.95. The minimum atomic E-state index is -0.400. The van der Waals surface area contributed by atoms with Gasteiger partial charge in [0, 0.05) is 17.8 Å². The summed E-state index contributed by atoms with van der Waals surface area (Å²) in [6.45, 7) is 0. The lowest BCUT2D eigenvalue weighted by atomic mass is 10.1. The molecule has 0 saturated carbocycles. The van der Waals surface area contributed by atoms with Gasteiger partial charge in [-0.2, -0.15) is 0 Å². The number of pyridine rings is 1. The highest BCUT2D eigenvalue weighted by Crippen LogP contribution is 2.29. The van der Waals surface area contributed by atoms with Gasteiger partial charge in [0.25, 0.3) is 0 Å². The Bertz CT molecular complexity index is 603. The summed E-state index contributed by atoms with van der Waals surface area (Å²) in [5.41, 5.74) is 1.89. The Morgan fingerprint density at radius 1 is 1.00 bits per heavy atom. The van der Waals surface area contributed by atoms with Crippen LogP contribution >= 0.6 is 0 Å². The average molecular weight is 273 g/mol. The van der Waals surface area contributed by atoms with Crippen LogP contribution in [0, 0.1) is 0 Å². The molecule has 1 heterocycles. The number of methoxy groups -OCH3 is 3. The number of nitrogens with zero attached hydrogens (tertiary/aromatic N) is 1. The maximum atomic E-state index is 11.5. The molecule has 0 amide bonds. The van der Waals surface area contributed by atoms with E-state index in [0.29, 0.717) is 22.8 Å². The molecule has 0 radical (unpaired) electrons. The van der Waals surface area contributed by atoms with Crippen LogP contribution in [0.25, 0.3) is 11.3 Å². The third kappa shape index (κ3) is 2.88. The van der Waals surface area contributed by atoms with Gasteiger partial charge in [-0.3, -0.25) is 4.98 Å². The SMILES string of the molecule is COC(=O)c1ccnc(-c2cc(OC)cc(OC)c2)c1. The summed E-state index contributed by atoms with van der Waals surface area (Å²) in [5, 5.41) is 0. The Kier molecular flexibility index (Phi) is 4.20. The van der Waals surface area contributed by atoms with Gasteiger partial charge in [0.05, 0.1) is 32.6 Å². The van der Waals surface area contributed by atoms with Crippen molar-refractivity contribution in [1.82, 2.24) is 4.98 Å². The number of carbonyl (C=O) groups excluding carboxylic acids is 1. The minimum absolute atomic E-state index is 0.400. The number of benzene rings is 1. The first-order valence-electron chi connectivity index (χ1n) is 5.95. The van der Waals surface area contributed by atoms with Crippen molar-refractivity contribution < 1.29 is 19.0 Å². The largest absolute Gasteiger partial charge is 0.497 e. The fraction of sp³-hybridized carbons (Fsp3) is 0.200. The molecule has 1 aromatic carbocycles. The highest BCUT2D eigenvalue weighted by Gasteiger charge is 2.10. The van der Waals surface area contributed by atoms with Crippen molar-refractivity contribution in [3.63, 3.8) is 0 Å². The number of aromatic nitrogens is 1. The summed E-state index contributed by atoms with van der Waals surface area (Å²) in [6, 6.07) is 8.69. The molecule has 0 bridgehead atoms. The Balaban J connectivity index is 2.47. The maximum Gasteiger partial charge on any atom is 0.337 e. The van der Waals surface area contributed by atoms with Gasteiger partial charge in [0.2, 0.25) is 0 Å². The van der Waals surface area contributed by atoms with Crippen LogP contribution < -0.4 is 9.47 Å². The zero-order valence-corrected chi connectivity index (χ0v) is 11.5. The Morgan fingerprint density at radius 3 is 2.20 bits per heavy atom. The number of carbonyl (C=O) groups is 1. The number of hydrogen-bond donors (Lipinski definition) is 0. The molecule has 0 aliphatic rings. The van der Waals surface area contributed by atoms with E-state index in [2.05, 4.69) is 4.98 Å². The number of rotatable bonds is 4. The Hall–Kier alpha value is -2.56. The van der Waals surface area contributed by atoms with Crippen LogP contribution in [-0.2, 0) is 4.74 Å². The number of hydrogen-bond acceptors (Lipinski definition) is 5. The summed E-state index contributed by atoms with van der Waals surface area (Å²) >= 11 is 0. The predicted molar refractivity (Wildman–Crippen MR) is 74.1 cm³/mol. The Morgan fingerprint density at radius 2 is 1.65 bits per heavy atom. The topological polar surface area (TPSA) is 57.7 Å². The van der Waals surface area contributed by atoms with Gasteiger partial charge in [-0.1, -0.05) is 0 Å². The maximum absolute atomic E-state index is 11.5. The molecular formula is C15H15NO4. The first kappa shape index (κ1) is 13.9. The fourth-order valence-electron chi connectivity index (χ4n) is 1.79. The standard InChI is InChI=1S/C15H15NO4/c1-18-12-6-11(7-13(9-12)19-2)14-8-10(4-5-16-14)15(17)20-3/h4-9H,1-3H3. The van der Waals surface area contributed by atoms with Gasteiger partial charge in [-0.05, 0) is 24.3 Å². The molecule has 5 heteroatoms. The van der Waals surface area contributed by atoms with Gasteiger partial charge in [-0.15, -0.1) is 0 Å². The summed E-state index contributed by atoms with van der Waals surface area (Å²) in [4.78, 5) is 15.8. The molecule has 0 aliphatic heterocycles. The molecule has 0 atom stereocenters. The molecule has 0 aliphatic carbocycles. The van der Waals surface area contributed by atoms with Crippen molar-refractivity contribution >= 4 is 5.97 Å². The van der Waals surface area contributed by atoms with Crippen LogP contribution in [0.15, 0.2) is 36.5 Å². The third-order valence-corrected chi connectivity index (χ3v) is 2.83. The van der Waals surface area contributed by atoms with Crippen LogP contribution in [0.5, 0.6) is 11.5 Å². The van der Waals surface area contributed by atoms with Crippen molar-refractivity contribution in [3.05, 3.63) is 42.1 Å². The molecule has 2 rings (SSSR count). The predicted octanol–water partition coefficient (Wildman–Crippen LogP) is 2.55. The smallest absolute Gasteiger partial charge is 0.337 e. The van der Waals surface area contributed by atoms with Crippen molar-refractivity contribution in [3.8, 4) is 22.8 Å². The van der Waals surface area contributed by atoms with E-state index in [1.54, 1.807) is 38.6 Å². The van der Waals surface area contributed by atoms with E-state index in [1.807, 2.05) is 12.1 Å². The molecule has 0 unspecified atom stereocenters. The zero-order chi connectivity index (χ0) is 14.5. The van der Waals surface area contributed by atoms with Gasteiger partial charge >= 0.3 is 5.97 Å². The fourth-order valence-corrected chi connectivity index (χ4v) is 1.79. The molecule has 5 nitrogen and oxygen atoms in total. The van der Waals surface area contributed by atoms with E-state index in [4.69, 9.17) is 14.2 Å². The lowest BCUT2D eigenvalue weighted by Gasteiger charge is -2.08. The van der Waals surface area contributed by atoms with Crippen LogP contribution in [0.3, 0.4) is 0 Å². The number of esters is 1. The van der Waals surface area contributed by atoms with Gasteiger partial charge in [0.15, 0.2) is 0 Å². The molecule has 0 spiro atoms. The average Bonchev–Trinajstić information content (AvgIpc) is 2.53. The van der Waals surface area contributed by atoms with Crippen LogP contribution in [0.2, 0.25) is 0 Å². The van der Waals surface area contributed by atoms with Crippen LogP contribution in [0.4, 0.5) is 0 Å². The molecule has 0 saturated heterocycles. The third-order valence-electron chi connectivity index (χ3n) is 2.83. The van der Waals surface area contributed by atoms with E-state index in [9.17, 15) is 4.79 Å². The van der Waals surface area contributed by atoms with Gasteiger partial charge < -0.3 is 14.2 Å². The molecule has 1 aromatic heterocycles. The van der Waals surface area contributed by atoms with E-state index in [1.165, 1.54) is 7.11 Å². The van der Waals surface area contributed by atoms with Crippen LogP contribution in [0.1, 0.15) is 10.4 Å². The molecular weight excluding hydrogens is 258 g/mol. The molecule has 20 heavy (non-hydrogen) atoms. The van der Waals surface area contributed by atoms with Crippen molar-refractivity contribution in [2.45, 2.75) is 0 Å². The highest BCUT2D eigenvalue weighted by atomic mass is 16.5. The summed E-state index contributed by atoms with van der Waals surface area (Å²) < 4.78 is 15.1. The highest BCUT2D eigenvalue weighted by molar-refractivity contribution is 5.90. The second-order valence-electron chi connectivity index (χ2n) is 4.02. The monoisotopic (exact) mass is 273 g/mol. The van der Waals surface area contributed by atoms with Crippen molar-refractivity contribution in [1.29, 1.82) is 0 Å². The van der Waals surface area contributed by atoms with E-state index >= 15 is 0 Å². The lowest BCUT2D eigenvalue weighted by molar-refractivity contribution is 0.0600. The summed E-state index contributed by atoms with van der Waals surface area (Å²) in [6.07, 6.45) is 1.56. The van der Waals surface area contributed by atoms with Crippen LogP contribution in [-0.4, -0.2) is 32.3 Å².